The summed E-state index contributed by atoms with van der Waals surface area (Å²) in [6.07, 6.45) is 2.50. The molecule has 4 nitrogen and oxygen atoms in total. The molecule has 20 heavy (non-hydrogen) atoms. The normalized spacial score (nSPS) is 12.9. The summed E-state index contributed by atoms with van der Waals surface area (Å²) in [4.78, 5) is 0. The molecule has 0 aliphatic rings. The average Bonchev–Trinajstić information content (AvgIpc) is 2.80. The smallest absolute Gasteiger partial charge is 0.0715 e. The second kappa shape index (κ2) is 6.72. The first-order chi connectivity index (χ1) is 9.54. The van der Waals surface area contributed by atoms with Crippen molar-refractivity contribution in [1.82, 2.24) is 15.2 Å². The summed E-state index contributed by atoms with van der Waals surface area (Å²) in [7, 11) is 0. The number of benzene rings is 1. The lowest BCUT2D eigenvalue weighted by atomic mass is 10.0. The van der Waals surface area contributed by atoms with Crippen LogP contribution in [0.1, 0.15) is 37.2 Å². The summed E-state index contributed by atoms with van der Waals surface area (Å²) in [5.74, 6) is 5.74. The molecule has 0 aliphatic carbocycles. The van der Waals surface area contributed by atoms with Crippen LogP contribution in [0.15, 0.2) is 34.9 Å². The maximum atomic E-state index is 6.23. The van der Waals surface area contributed by atoms with Gasteiger partial charge in [-0.1, -0.05) is 29.8 Å². The molecule has 2 aromatic rings. The number of hydrazine groups is 1. The van der Waals surface area contributed by atoms with E-state index in [2.05, 4.69) is 40.3 Å². The van der Waals surface area contributed by atoms with Gasteiger partial charge in [-0.25, -0.2) is 0 Å². The molecule has 0 bridgehead atoms. The van der Waals surface area contributed by atoms with E-state index in [0.29, 0.717) is 6.42 Å². The number of hydrogen-bond acceptors (Lipinski definition) is 3. The molecule has 6 heteroatoms. The molecular formula is C14H18BrClN4. The third-order valence-electron chi connectivity index (χ3n) is 3.19. The van der Waals surface area contributed by atoms with Gasteiger partial charge in [0.15, 0.2) is 0 Å². The third kappa shape index (κ3) is 3.23. The van der Waals surface area contributed by atoms with E-state index in [1.54, 1.807) is 6.20 Å². The lowest BCUT2D eigenvalue weighted by Gasteiger charge is -2.21. The highest BCUT2D eigenvalue weighted by Gasteiger charge is 2.21. The molecule has 1 aromatic carbocycles. The Morgan fingerprint density at radius 1 is 1.40 bits per heavy atom. The molecule has 0 radical (unpaired) electrons. The molecule has 0 saturated carbocycles. The fourth-order valence-corrected chi connectivity index (χ4v) is 2.97. The molecule has 1 aromatic heterocycles. The van der Waals surface area contributed by atoms with Crippen molar-refractivity contribution in [2.75, 3.05) is 0 Å². The predicted molar refractivity (Wildman–Crippen MR) is 85.5 cm³/mol. The first kappa shape index (κ1) is 15.5. The molecule has 1 unspecified atom stereocenters. The number of nitrogens with one attached hydrogen (secondary N) is 1. The highest BCUT2D eigenvalue weighted by Crippen LogP contribution is 2.29. The molecule has 108 valence electrons. The van der Waals surface area contributed by atoms with Crippen LogP contribution in [0.25, 0.3) is 0 Å². The maximum absolute atomic E-state index is 6.23. The number of nitrogens with two attached hydrogens (primary N) is 1. The standard InChI is InChI=1S/C14H18BrClN4/c1-9(2)20-14(11(15)8-18-20)13(19-17)7-10-5-3-4-6-12(10)16/h3-6,8-9,13,19H,7,17H2,1-2H3. The van der Waals surface area contributed by atoms with Crippen LogP contribution < -0.4 is 11.3 Å². The highest BCUT2D eigenvalue weighted by atomic mass is 79.9. The van der Waals surface area contributed by atoms with E-state index in [1.807, 2.05) is 28.9 Å². The minimum atomic E-state index is -0.0609. The quantitative estimate of drug-likeness (QED) is 0.634. The Hall–Kier alpha value is -0.880. The van der Waals surface area contributed by atoms with Gasteiger partial charge in [-0.2, -0.15) is 5.10 Å². The van der Waals surface area contributed by atoms with Gasteiger partial charge in [0, 0.05) is 11.1 Å². The largest absolute Gasteiger partial charge is 0.271 e. The molecule has 0 aliphatic heterocycles. The van der Waals surface area contributed by atoms with Crippen molar-refractivity contribution in [1.29, 1.82) is 0 Å². The van der Waals surface area contributed by atoms with Gasteiger partial charge in [0.05, 0.1) is 22.4 Å². The average molecular weight is 358 g/mol. The van der Waals surface area contributed by atoms with Crippen molar-refractivity contribution in [2.24, 2.45) is 5.84 Å². The van der Waals surface area contributed by atoms with Crippen molar-refractivity contribution in [3.05, 3.63) is 51.2 Å². The zero-order valence-corrected chi connectivity index (χ0v) is 13.8. The van der Waals surface area contributed by atoms with E-state index < -0.39 is 0 Å². The van der Waals surface area contributed by atoms with Crippen LogP contribution in [-0.2, 0) is 6.42 Å². The Kier molecular flexibility index (Phi) is 5.21. The van der Waals surface area contributed by atoms with Gasteiger partial charge in [0.2, 0.25) is 0 Å². The molecule has 1 atom stereocenters. The topological polar surface area (TPSA) is 55.9 Å². The molecule has 0 spiro atoms. The predicted octanol–water partition coefficient (Wildman–Crippen LogP) is 3.63. The van der Waals surface area contributed by atoms with Gasteiger partial charge < -0.3 is 0 Å². The second-order valence-electron chi connectivity index (χ2n) is 4.93. The minimum Gasteiger partial charge on any atom is -0.271 e. The number of hydrogen-bond donors (Lipinski definition) is 2. The van der Waals surface area contributed by atoms with Crippen molar-refractivity contribution in [3.63, 3.8) is 0 Å². The number of halogens is 2. The van der Waals surface area contributed by atoms with Gasteiger partial charge >= 0.3 is 0 Å². The molecular weight excluding hydrogens is 340 g/mol. The molecule has 3 N–H and O–H groups in total. The zero-order chi connectivity index (χ0) is 14.7. The van der Waals surface area contributed by atoms with Crippen molar-refractivity contribution >= 4 is 27.5 Å². The van der Waals surface area contributed by atoms with Gasteiger partial charge in [0.1, 0.15) is 0 Å². The number of rotatable bonds is 5. The fourth-order valence-electron chi connectivity index (χ4n) is 2.21. The fraction of sp³-hybridized carbons (Fsp3) is 0.357. The van der Waals surface area contributed by atoms with E-state index in [4.69, 9.17) is 17.4 Å². The van der Waals surface area contributed by atoms with Crippen LogP contribution in [-0.4, -0.2) is 9.78 Å². The maximum Gasteiger partial charge on any atom is 0.0715 e. The van der Waals surface area contributed by atoms with Crippen molar-refractivity contribution in [3.8, 4) is 0 Å². The number of nitrogens with zero attached hydrogens (tertiary/aromatic N) is 2. The Bertz CT molecular complexity index is 582. The zero-order valence-electron chi connectivity index (χ0n) is 11.5. The van der Waals surface area contributed by atoms with Crippen LogP contribution >= 0.6 is 27.5 Å². The second-order valence-corrected chi connectivity index (χ2v) is 6.19. The minimum absolute atomic E-state index is 0.0609. The SMILES string of the molecule is CC(C)n1ncc(Br)c1C(Cc1ccccc1Cl)NN. The van der Waals surface area contributed by atoms with Gasteiger partial charge in [-0.3, -0.25) is 16.0 Å². The van der Waals surface area contributed by atoms with E-state index in [0.717, 1.165) is 20.8 Å². The lowest BCUT2D eigenvalue weighted by Crippen LogP contribution is -2.32. The van der Waals surface area contributed by atoms with E-state index in [-0.39, 0.29) is 12.1 Å². The van der Waals surface area contributed by atoms with Gasteiger partial charge in [-0.05, 0) is 47.8 Å². The van der Waals surface area contributed by atoms with Crippen LogP contribution in [0.3, 0.4) is 0 Å². The summed E-state index contributed by atoms with van der Waals surface area (Å²) >= 11 is 9.77. The summed E-state index contributed by atoms with van der Waals surface area (Å²) in [6.45, 7) is 4.18. The highest BCUT2D eigenvalue weighted by molar-refractivity contribution is 9.10. The summed E-state index contributed by atoms with van der Waals surface area (Å²) in [6, 6.07) is 8.00. The van der Waals surface area contributed by atoms with Crippen LogP contribution in [0.2, 0.25) is 5.02 Å². The van der Waals surface area contributed by atoms with Crippen LogP contribution in [0, 0.1) is 0 Å². The first-order valence-electron chi connectivity index (χ1n) is 6.47. The summed E-state index contributed by atoms with van der Waals surface area (Å²) < 4.78 is 2.91. The van der Waals surface area contributed by atoms with Crippen molar-refractivity contribution < 1.29 is 0 Å². The molecule has 2 rings (SSSR count). The summed E-state index contributed by atoms with van der Waals surface area (Å²) in [5, 5.41) is 5.14. The summed E-state index contributed by atoms with van der Waals surface area (Å²) in [5.41, 5.74) is 4.95. The van der Waals surface area contributed by atoms with Crippen molar-refractivity contribution in [2.45, 2.75) is 32.4 Å². The monoisotopic (exact) mass is 356 g/mol. The van der Waals surface area contributed by atoms with Crippen LogP contribution in [0.4, 0.5) is 0 Å². The van der Waals surface area contributed by atoms with E-state index in [1.165, 1.54) is 0 Å². The molecule has 0 amide bonds. The molecule has 0 saturated heterocycles. The van der Waals surface area contributed by atoms with Crippen LogP contribution in [0.5, 0.6) is 0 Å². The molecule has 0 fully saturated rings. The number of aromatic nitrogens is 2. The Labute approximate surface area is 132 Å². The Balaban J connectivity index is 2.34. The first-order valence-corrected chi connectivity index (χ1v) is 7.64. The Morgan fingerprint density at radius 3 is 2.70 bits per heavy atom. The lowest BCUT2D eigenvalue weighted by molar-refractivity contribution is 0.446. The van der Waals surface area contributed by atoms with E-state index in [9.17, 15) is 0 Å². The third-order valence-corrected chi connectivity index (χ3v) is 4.17. The van der Waals surface area contributed by atoms with E-state index >= 15 is 0 Å². The van der Waals surface area contributed by atoms with Gasteiger partial charge in [0.25, 0.3) is 0 Å². The molecule has 1 heterocycles. The Morgan fingerprint density at radius 2 is 2.10 bits per heavy atom. The van der Waals surface area contributed by atoms with Gasteiger partial charge in [-0.15, -0.1) is 0 Å².